The van der Waals surface area contributed by atoms with Gasteiger partial charge in [-0.2, -0.15) is 0 Å². The number of rotatable bonds is 7. The van der Waals surface area contributed by atoms with Gasteiger partial charge in [-0.3, -0.25) is 0 Å². The first-order valence-corrected chi connectivity index (χ1v) is 6.73. The minimum absolute atomic E-state index is 0.161. The summed E-state index contributed by atoms with van der Waals surface area (Å²) in [5.74, 6) is 0.622. The zero-order valence-corrected chi connectivity index (χ0v) is 11.5. The zero-order chi connectivity index (χ0) is 12.7. The molecule has 0 spiro atoms. The third-order valence-corrected chi connectivity index (χ3v) is 3.08. The highest BCUT2D eigenvalue weighted by Gasteiger charge is 2.10. The van der Waals surface area contributed by atoms with Crippen LogP contribution in [0.5, 0.6) is 5.75 Å². The number of anilines is 1. The maximum absolute atomic E-state index is 6.05. The van der Waals surface area contributed by atoms with E-state index in [1.165, 1.54) is 25.7 Å². The molecule has 3 heteroatoms. The largest absolute Gasteiger partial charge is 0.487 e. The van der Waals surface area contributed by atoms with Crippen LogP contribution in [0, 0.1) is 0 Å². The van der Waals surface area contributed by atoms with Crippen molar-refractivity contribution in [3.05, 3.63) is 23.2 Å². The van der Waals surface area contributed by atoms with E-state index in [-0.39, 0.29) is 6.10 Å². The highest BCUT2D eigenvalue weighted by Crippen LogP contribution is 2.31. The zero-order valence-electron chi connectivity index (χ0n) is 10.7. The molecule has 1 aromatic rings. The van der Waals surface area contributed by atoms with Crippen LogP contribution in [0.25, 0.3) is 0 Å². The van der Waals surface area contributed by atoms with E-state index >= 15 is 0 Å². The number of nitrogen functional groups attached to an aromatic ring is 1. The molecule has 0 saturated carbocycles. The van der Waals surface area contributed by atoms with Gasteiger partial charge in [0.05, 0.1) is 16.8 Å². The summed E-state index contributed by atoms with van der Waals surface area (Å²) in [5, 5.41) is 0.588. The summed E-state index contributed by atoms with van der Waals surface area (Å²) in [5.41, 5.74) is 6.45. The van der Waals surface area contributed by atoms with Gasteiger partial charge in [0.1, 0.15) is 0 Å². The Bertz CT molecular complexity index is 321. The third kappa shape index (κ3) is 4.86. The monoisotopic (exact) mass is 255 g/mol. The summed E-state index contributed by atoms with van der Waals surface area (Å²) in [6, 6.07) is 5.44. The van der Waals surface area contributed by atoms with Crippen LogP contribution in [0.3, 0.4) is 0 Å². The molecule has 1 rings (SSSR count). The van der Waals surface area contributed by atoms with Gasteiger partial charge < -0.3 is 10.5 Å². The highest BCUT2D eigenvalue weighted by atomic mass is 35.5. The van der Waals surface area contributed by atoms with Crippen molar-refractivity contribution in [1.82, 2.24) is 0 Å². The summed E-state index contributed by atoms with van der Waals surface area (Å²) in [7, 11) is 0. The Kier molecular flexibility index (Phi) is 6.20. The van der Waals surface area contributed by atoms with Crippen molar-refractivity contribution in [3.8, 4) is 5.75 Å². The van der Waals surface area contributed by atoms with Crippen LogP contribution < -0.4 is 10.5 Å². The first-order valence-electron chi connectivity index (χ1n) is 6.35. The second-order valence-electron chi connectivity index (χ2n) is 4.44. The fourth-order valence-electron chi connectivity index (χ4n) is 1.77. The van der Waals surface area contributed by atoms with Gasteiger partial charge in [0.15, 0.2) is 5.75 Å². The van der Waals surface area contributed by atoms with Crippen LogP contribution in [-0.4, -0.2) is 6.10 Å². The number of halogens is 1. The van der Waals surface area contributed by atoms with Crippen LogP contribution in [0.4, 0.5) is 5.69 Å². The minimum atomic E-state index is 0.161. The highest BCUT2D eigenvalue weighted by molar-refractivity contribution is 6.32. The average molecular weight is 256 g/mol. The molecule has 0 aliphatic carbocycles. The number of benzene rings is 1. The number of hydrogen-bond donors (Lipinski definition) is 1. The molecule has 0 aliphatic heterocycles. The molecule has 0 amide bonds. The summed E-state index contributed by atoms with van der Waals surface area (Å²) in [6.45, 7) is 4.28. The molecule has 1 aromatic carbocycles. The summed E-state index contributed by atoms with van der Waals surface area (Å²) in [4.78, 5) is 0. The molecule has 0 fully saturated rings. The lowest BCUT2D eigenvalue weighted by molar-refractivity contribution is 0.208. The van der Waals surface area contributed by atoms with Crippen LogP contribution >= 0.6 is 11.6 Å². The Labute approximate surface area is 109 Å². The molecule has 2 N–H and O–H groups in total. The van der Waals surface area contributed by atoms with E-state index < -0.39 is 0 Å². The molecule has 0 bridgehead atoms. The molecule has 0 heterocycles. The molecule has 17 heavy (non-hydrogen) atoms. The van der Waals surface area contributed by atoms with Crippen molar-refractivity contribution in [2.24, 2.45) is 0 Å². The van der Waals surface area contributed by atoms with Gasteiger partial charge in [0.2, 0.25) is 0 Å². The first kappa shape index (κ1) is 14.2. The molecular weight excluding hydrogens is 234 g/mol. The molecule has 0 radical (unpaired) electrons. The molecule has 1 atom stereocenters. The molecule has 1 unspecified atom stereocenters. The van der Waals surface area contributed by atoms with Gasteiger partial charge in [-0.15, -0.1) is 0 Å². The SMILES string of the molecule is CCCCCCC(C)Oc1c(N)cccc1Cl. The minimum Gasteiger partial charge on any atom is -0.487 e. The van der Waals surface area contributed by atoms with Gasteiger partial charge in [-0.25, -0.2) is 0 Å². The topological polar surface area (TPSA) is 35.2 Å². The Morgan fingerprint density at radius 2 is 2.06 bits per heavy atom. The van der Waals surface area contributed by atoms with E-state index in [0.29, 0.717) is 16.5 Å². The van der Waals surface area contributed by atoms with Crippen molar-refractivity contribution >= 4 is 17.3 Å². The number of unbranched alkanes of at least 4 members (excludes halogenated alkanes) is 3. The van der Waals surface area contributed by atoms with Crippen molar-refractivity contribution in [1.29, 1.82) is 0 Å². The molecule has 0 aliphatic rings. The van der Waals surface area contributed by atoms with Crippen molar-refractivity contribution in [2.75, 3.05) is 5.73 Å². The third-order valence-electron chi connectivity index (χ3n) is 2.78. The second kappa shape index (κ2) is 7.44. The van der Waals surface area contributed by atoms with Crippen LogP contribution in [-0.2, 0) is 0 Å². The second-order valence-corrected chi connectivity index (χ2v) is 4.84. The smallest absolute Gasteiger partial charge is 0.161 e. The van der Waals surface area contributed by atoms with Crippen molar-refractivity contribution in [3.63, 3.8) is 0 Å². The first-order chi connectivity index (χ1) is 8.15. The van der Waals surface area contributed by atoms with Crippen molar-refractivity contribution < 1.29 is 4.74 Å². The molecular formula is C14H22ClNO. The predicted molar refractivity (Wildman–Crippen MR) is 74.7 cm³/mol. The lowest BCUT2D eigenvalue weighted by atomic mass is 10.1. The van der Waals surface area contributed by atoms with Gasteiger partial charge >= 0.3 is 0 Å². The summed E-state index contributed by atoms with van der Waals surface area (Å²) < 4.78 is 5.80. The molecule has 96 valence electrons. The van der Waals surface area contributed by atoms with Gasteiger partial charge in [0, 0.05) is 0 Å². The number of para-hydroxylation sites is 1. The van der Waals surface area contributed by atoms with Gasteiger partial charge in [-0.05, 0) is 31.9 Å². The summed E-state index contributed by atoms with van der Waals surface area (Å²) in [6.07, 6.45) is 6.22. The molecule has 0 aromatic heterocycles. The molecule has 2 nitrogen and oxygen atoms in total. The number of nitrogens with two attached hydrogens (primary N) is 1. The average Bonchev–Trinajstić information content (AvgIpc) is 2.30. The predicted octanol–water partition coefficient (Wildman–Crippen LogP) is 4.66. The van der Waals surface area contributed by atoms with E-state index in [0.717, 1.165) is 6.42 Å². The number of hydrogen-bond acceptors (Lipinski definition) is 2. The van der Waals surface area contributed by atoms with Gasteiger partial charge in [-0.1, -0.05) is 43.9 Å². The quantitative estimate of drug-likeness (QED) is 0.568. The Hall–Kier alpha value is -0.890. The lowest BCUT2D eigenvalue weighted by Crippen LogP contribution is -2.12. The van der Waals surface area contributed by atoms with E-state index in [1.54, 1.807) is 6.07 Å². The Morgan fingerprint density at radius 3 is 2.71 bits per heavy atom. The van der Waals surface area contributed by atoms with Crippen molar-refractivity contribution in [2.45, 2.75) is 52.1 Å². The summed E-state index contributed by atoms with van der Waals surface area (Å²) >= 11 is 6.05. The van der Waals surface area contributed by atoms with Crippen LogP contribution in [0.15, 0.2) is 18.2 Å². The van der Waals surface area contributed by atoms with E-state index in [9.17, 15) is 0 Å². The normalized spacial score (nSPS) is 12.4. The Balaban J connectivity index is 2.42. The van der Waals surface area contributed by atoms with Crippen LogP contribution in [0.1, 0.15) is 46.0 Å². The molecule has 0 saturated heterocycles. The maximum Gasteiger partial charge on any atom is 0.161 e. The standard InChI is InChI=1S/C14H22ClNO/c1-3-4-5-6-8-11(2)17-14-12(15)9-7-10-13(14)16/h7,9-11H,3-6,8,16H2,1-2H3. The Morgan fingerprint density at radius 1 is 1.29 bits per heavy atom. The fraction of sp³-hybridized carbons (Fsp3) is 0.571. The van der Waals surface area contributed by atoms with E-state index in [2.05, 4.69) is 13.8 Å². The fourth-order valence-corrected chi connectivity index (χ4v) is 1.99. The van der Waals surface area contributed by atoms with E-state index in [4.69, 9.17) is 22.1 Å². The number of ether oxygens (including phenoxy) is 1. The maximum atomic E-state index is 6.05. The van der Waals surface area contributed by atoms with Gasteiger partial charge in [0.25, 0.3) is 0 Å². The van der Waals surface area contributed by atoms with E-state index in [1.807, 2.05) is 12.1 Å². The van der Waals surface area contributed by atoms with Crippen LogP contribution in [0.2, 0.25) is 5.02 Å². The lowest BCUT2D eigenvalue weighted by Gasteiger charge is -2.17.